The molecular weight excluding hydrogens is 574 g/mol. The van der Waals surface area contributed by atoms with Gasteiger partial charge in [0.15, 0.2) is 0 Å². The molecule has 1 aromatic rings. The SMILES string of the molecule is CC(C)CCC[C@@H](C)[C@H]1CCC2C3CC=C4CC(OC(=O)N[C@@H]5CNC(C(=O)NCCc6cnc[nH]6)C5)CC[C@]4(C)C3CC[C@@]21C. The van der Waals surface area contributed by atoms with E-state index in [9.17, 15) is 9.59 Å². The smallest absolute Gasteiger partial charge is 0.407 e. The molecule has 8 heteroatoms. The number of hydrogen-bond donors (Lipinski definition) is 4. The third-order valence-electron chi connectivity index (χ3n) is 13.6. The van der Waals surface area contributed by atoms with Crippen molar-refractivity contribution in [3.05, 3.63) is 29.9 Å². The summed E-state index contributed by atoms with van der Waals surface area (Å²) in [5.41, 5.74) is 3.30. The van der Waals surface area contributed by atoms with Gasteiger partial charge in [-0.1, -0.05) is 65.5 Å². The molecule has 10 atom stereocenters. The lowest BCUT2D eigenvalue weighted by Gasteiger charge is -2.58. The molecule has 1 aliphatic heterocycles. The maximum absolute atomic E-state index is 13.0. The maximum atomic E-state index is 13.0. The van der Waals surface area contributed by atoms with Gasteiger partial charge in [0.05, 0.1) is 12.4 Å². The van der Waals surface area contributed by atoms with Crippen LogP contribution in [0.2, 0.25) is 0 Å². The molecule has 0 spiro atoms. The van der Waals surface area contributed by atoms with Gasteiger partial charge in [0.1, 0.15) is 6.10 Å². The predicted molar refractivity (Wildman–Crippen MR) is 182 cm³/mol. The van der Waals surface area contributed by atoms with Crippen LogP contribution < -0.4 is 16.0 Å². The van der Waals surface area contributed by atoms with E-state index in [1.807, 2.05) is 0 Å². The van der Waals surface area contributed by atoms with Crippen molar-refractivity contribution >= 4 is 12.0 Å². The maximum Gasteiger partial charge on any atom is 0.407 e. The molecule has 4 aliphatic carbocycles. The molecule has 8 nitrogen and oxygen atoms in total. The second kappa shape index (κ2) is 14.0. The van der Waals surface area contributed by atoms with Crippen LogP contribution >= 0.6 is 0 Å². The van der Waals surface area contributed by atoms with Gasteiger partial charge in [-0.25, -0.2) is 9.78 Å². The Labute approximate surface area is 277 Å². The first-order chi connectivity index (χ1) is 22.1. The number of carbonyl (C=O) groups is 2. The minimum absolute atomic E-state index is 0.0291. The van der Waals surface area contributed by atoms with Crippen molar-refractivity contribution in [1.29, 1.82) is 0 Å². The third kappa shape index (κ3) is 6.93. The molecule has 0 radical (unpaired) electrons. The van der Waals surface area contributed by atoms with E-state index in [0.29, 0.717) is 31.3 Å². The van der Waals surface area contributed by atoms with Gasteiger partial charge < -0.3 is 25.7 Å². The summed E-state index contributed by atoms with van der Waals surface area (Å²) in [4.78, 5) is 32.6. The molecule has 2 amide bonds. The Morgan fingerprint density at radius 2 is 1.93 bits per heavy atom. The van der Waals surface area contributed by atoms with Crippen molar-refractivity contribution in [2.75, 3.05) is 13.1 Å². The number of H-pyrrole nitrogens is 1. The molecule has 4 N–H and O–H groups in total. The van der Waals surface area contributed by atoms with Crippen LogP contribution in [0.1, 0.15) is 117 Å². The second-order valence-corrected chi connectivity index (χ2v) is 16.7. The van der Waals surface area contributed by atoms with Gasteiger partial charge in [0, 0.05) is 43.9 Å². The predicted octanol–water partition coefficient (Wildman–Crippen LogP) is 6.94. The average molecular weight is 636 g/mol. The van der Waals surface area contributed by atoms with Crippen molar-refractivity contribution in [3.63, 3.8) is 0 Å². The minimum atomic E-state index is -0.345. The van der Waals surface area contributed by atoms with Crippen molar-refractivity contribution in [2.24, 2.45) is 46.3 Å². The molecule has 6 rings (SSSR count). The van der Waals surface area contributed by atoms with Gasteiger partial charge in [-0.15, -0.1) is 0 Å². The fraction of sp³-hybridized carbons (Fsp3) is 0.816. The van der Waals surface area contributed by atoms with E-state index in [-0.39, 0.29) is 35.6 Å². The lowest BCUT2D eigenvalue weighted by Crippen LogP contribution is -2.51. The summed E-state index contributed by atoms with van der Waals surface area (Å²) in [5, 5.41) is 9.28. The molecule has 0 aromatic carbocycles. The summed E-state index contributed by atoms with van der Waals surface area (Å²) in [7, 11) is 0. The summed E-state index contributed by atoms with van der Waals surface area (Å²) in [6.45, 7) is 13.6. The zero-order valence-electron chi connectivity index (χ0n) is 29.2. The highest BCUT2D eigenvalue weighted by atomic mass is 16.6. The normalized spacial score (nSPS) is 37.5. The lowest BCUT2D eigenvalue weighted by atomic mass is 9.47. The van der Waals surface area contributed by atoms with E-state index in [0.717, 1.165) is 60.5 Å². The Morgan fingerprint density at radius 1 is 1.09 bits per heavy atom. The highest BCUT2D eigenvalue weighted by molar-refractivity contribution is 5.82. The first kappa shape index (κ1) is 33.5. The fourth-order valence-electron chi connectivity index (χ4n) is 11.0. The standard InChI is InChI=1S/C38H61N5O3/c1-24(2)7-6-8-25(3)31-11-12-32-30-10-9-26-19-29(13-16-37(26,4)33(30)14-17-38(31,32)5)46-36(45)43-28-20-34(41-22-28)35(44)40-18-15-27-21-39-23-42-27/h9,21,23-25,28-34,41H,6-8,10-20,22H2,1-5H3,(H,39,42)(H,40,44)(H,43,45)/t25-,28+,29?,30?,31-,32?,33?,34?,37+,38-/m1/s1. The number of imidazole rings is 1. The quantitative estimate of drug-likeness (QED) is 0.197. The number of alkyl carbamates (subject to hydrolysis) is 1. The summed E-state index contributed by atoms with van der Waals surface area (Å²) < 4.78 is 6.03. The van der Waals surface area contributed by atoms with E-state index in [2.05, 4.69) is 66.6 Å². The highest BCUT2D eigenvalue weighted by Gasteiger charge is 2.59. The van der Waals surface area contributed by atoms with Crippen molar-refractivity contribution in [1.82, 2.24) is 25.9 Å². The number of ether oxygens (including phenoxy) is 1. The van der Waals surface area contributed by atoms with Crippen molar-refractivity contribution in [3.8, 4) is 0 Å². The fourth-order valence-corrected chi connectivity index (χ4v) is 11.0. The molecule has 1 saturated heterocycles. The average Bonchev–Trinajstić information content (AvgIpc) is 3.77. The van der Waals surface area contributed by atoms with Crippen LogP contribution in [0.3, 0.4) is 0 Å². The summed E-state index contributed by atoms with van der Waals surface area (Å²) in [6, 6.07) is -0.410. The van der Waals surface area contributed by atoms with Crippen LogP contribution in [0.15, 0.2) is 24.2 Å². The Kier molecular flexibility index (Phi) is 10.2. The topological polar surface area (TPSA) is 108 Å². The summed E-state index contributed by atoms with van der Waals surface area (Å²) >= 11 is 0. The van der Waals surface area contributed by atoms with Gasteiger partial charge in [-0.3, -0.25) is 4.79 Å². The minimum Gasteiger partial charge on any atom is -0.446 e. The van der Waals surface area contributed by atoms with Gasteiger partial charge in [0.25, 0.3) is 0 Å². The van der Waals surface area contributed by atoms with E-state index < -0.39 is 0 Å². The van der Waals surface area contributed by atoms with Crippen LogP contribution in [0.25, 0.3) is 0 Å². The van der Waals surface area contributed by atoms with E-state index >= 15 is 0 Å². The van der Waals surface area contributed by atoms with Crippen LogP contribution in [0, 0.1) is 46.3 Å². The number of carbonyl (C=O) groups excluding carboxylic acids is 2. The zero-order valence-corrected chi connectivity index (χ0v) is 29.2. The first-order valence-electron chi connectivity index (χ1n) is 18.7. The number of fused-ring (bicyclic) bond motifs is 5. The van der Waals surface area contributed by atoms with E-state index in [1.54, 1.807) is 18.1 Å². The number of allylic oxidation sites excluding steroid dienone is 1. The molecular formula is C38H61N5O3. The van der Waals surface area contributed by atoms with Crippen LogP contribution in [0.4, 0.5) is 4.79 Å². The first-order valence-corrected chi connectivity index (χ1v) is 18.7. The Morgan fingerprint density at radius 3 is 2.72 bits per heavy atom. The summed E-state index contributed by atoms with van der Waals surface area (Å²) in [5.74, 6) is 4.96. The monoisotopic (exact) mass is 635 g/mol. The van der Waals surface area contributed by atoms with Gasteiger partial charge >= 0.3 is 6.09 Å². The van der Waals surface area contributed by atoms with Gasteiger partial charge in [-0.2, -0.15) is 0 Å². The van der Waals surface area contributed by atoms with Gasteiger partial charge in [0.2, 0.25) is 5.91 Å². The molecule has 5 unspecified atom stereocenters. The Bertz CT molecular complexity index is 1230. The highest BCUT2D eigenvalue weighted by Crippen LogP contribution is 2.67. The number of nitrogens with zero attached hydrogens (tertiary/aromatic N) is 1. The van der Waals surface area contributed by atoms with Crippen LogP contribution in [-0.2, 0) is 16.0 Å². The molecule has 4 fully saturated rings. The lowest BCUT2D eigenvalue weighted by molar-refractivity contribution is -0.122. The van der Waals surface area contributed by atoms with Crippen LogP contribution in [-0.4, -0.2) is 53.2 Å². The molecule has 0 bridgehead atoms. The van der Waals surface area contributed by atoms with E-state index in [4.69, 9.17) is 4.74 Å². The van der Waals surface area contributed by atoms with Crippen molar-refractivity contribution < 1.29 is 14.3 Å². The number of nitrogens with one attached hydrogen (secondary N) is 4. The molecule has 1 aromatic heterocycles. The molecule has 5 aliphatic rings. The molecule has 256 valence electrons. The Hall–Kier alpha value is -2.35. The Balaban J connectivity index is 0.975. The largest absolute Gasteiger partial charge is 0.446 e. The molecule has 2 heterocycles. The van der Waals surface area contributed by atoms with Gasteiger partial charge in [-0.05, 0) is 97.7 Å². The number of hydrogen-bond acceptors (Lipinski definition) is 5. The third-order valence-corrected chi connectivity index (χ3v) is 13.6. The number of aromatic amines is 1. The molecule has 46 heavy (non-hydrogen) atoms. The molecule has 3 saturated carbocycles. The van der Waals surface area contributed by atoms with E-state index in [1.165, 1.54) is 51.4 Å². The zero-order chi connectivity index (χ0) is 32.5. The number of rotatable bonds is 11. The number of amides is 2. The van der Waals surface area contributed by atoms with Crippen molar-refractivity contribution in [2.45, 2.75) is 136 Å². The van der Waals surface area contributed by atoms with Crippen LogP contribution in [0.5, 0.6) is 0 Å². The number of aromatic nitrogens is 2. The summed E-state index contributed by atoms with van der Waals surface area (Å²) in [6.07, 6.45) is 20.7. The second-order valence-electron chi connectivity index (χ2n) is 16.7.